The highest BCUT2D eigenvalue weighted by Crippen LogP contribution is 2.36. The summed E-state index contributed by atoms with van der Waals surface area (Å²) in [6.07, 6.45) is 5.54. The third kappa shape index (κ3) is 4.43. The van der Waals surface area contributed by atoms with E-state index in [1.165, 1.54) is 6.07 Å². The highest BCUT2D eigenvalue weighted by molar-refractivity contribution is 5.94. The normalized spacial score (nSPS) is 14.4. The zero-order valence-electron chi connectivity index (χ0n) is 19.4. The minimum absolute atomic E-state index is 0.194. The second-order valence-electron chi connectivity index (χ2n) is 8.92. The molecule has 178 valence electrons. The van der Waals surface area contributed by atoms with Gasteiger partial charge in [-0.3, -0.25) is 14.5 Å². The van der Waals surface area contributed by atoms with Crippen LogP contribution in [0.4, 0.5) is 4.39 Å². The van der Waals surface area contributed by atoms with Gasteiger partial charge in [0.2, 0.25) is 0 Å². The van der Waals surface area contributed by atoms with Gasteiger partial charge in [-0.15, -0.1) is 0 Å². The van der Waals surface area contributed by atoms with Crippen molar-refractivity contribution in [3.63, 3.8) is 0 Å². The standard InChI is InChI=1S/C29H23FN4O2/c30-26-15-22(24-12-20-6-1-2-8-27(20)31-16-24)13-23-14-25(36-28(23)26)17-32-29(35)21-7-3-5-19(11-21)18-34-10-4-9-33-34/h1-13,15-16,25H,14,17-18H2,(H,32,35)/t25-/m1/s1. The van der Waals surface area contributed by atoms with Crippen molar-refractivity contribution in [1.29, 1.82) is 0 Å². The largest absolute Gasteiger partial charge is 0.485 e. The van der Waals surface area contributed by atoms with Crippen molar-refractivity contribution in [3.05, 3.63) is 114 Å². The Hall–Kier alpha value is -4.52. The van der Waals surface area contributed by atoms with Crippen molar-refractivity contribution in [2.24, 2.45) is 0 Å². The molecule has 1 aliphatic rings. The number of ether oxygens (including phenoxy) is 1. The number of carbonyl (C=O) groups is 1. The Kier molecular flexibility index (Phi) is 5.65. The van der Waals surface area contributed by atoms with Gasteiger partial charge in [-0.1, -0.05) is 30.3 Å². The van der Waals surface area contributed by atoms with Crippen molar-refractivity contribution in [2.45, 2.75) is 19.1 Å². The SMILES string of the molecule is O=C(NC[C@H]1Cc2cc(-c3cnc4ccccc4c3)cc(F)c2O1)c1cccc(Cn2cccn2)c1. The molecule has 2 aromatic heterocycles. The van der Waals surface area contributed by atoms with Gasteiger partial charge in [-0.05, 0) is 53.6 Å². The minimum Gasteiger partial charge on any atom is -0.485 e. The van der Waals surface area contributed by atoms with Crippen molar-refractivity contribution in [2.75, 3.05) is 6.54 Å². The summed E-state index contributed by atoms with van der Waals surface area (Å²) >= 11 is 0. The van der Waals surface area contributed by atoms with Gasteiger partial charge in [-0.25, -0.2) is 4.39 Å². The van der Waals surface area contributed by atoms with E-state index in [9.17, 15) is 9.18 Å². The van der Waals surface area contributed by atoms with Crippen molar-refractivity contribution in [1.82, 2.24) is 20.1 Å². The summed E-state index contributed by atoms with van der Waals surface area (Å²) in [6.45, 7) is 0.868. The van der Waals surface area contributed by atoms with Gasteiger partial charge in [0.25, 0.3) is 5.91 Å². The third-order valence-corrected chi connectivity index (χ3v) is 6.36. The molecule has 6 rings (SSSR count). The lowest BCUT2D eigenvalue weighted by atomic mass is 10.0. The number of pyridine rings is 1. The molecule has 0 saturated carbocycles. The molecule has 1 N–H and O–H groups in total. The average Bonchev–Trinajstić information content (AvgIpc) is 3.57. The molecule has 0 fully saturated rings. The van der Waals surface area contributed by atoms with Crippen LogP contribution in [0.3, 0.4) is 0 Å². The Morgan fingerprint density at radius 3 is 2.86 bits per heavy atom. The quantitative estimate of drug-likeness (QED) is 0.372. The Balaban J connectivity index is 1.13. The van der Waals surface area contributed by atoms with Crippen LogP contribution < -0.4 is 10.1 Å². The fourth-order valence-corrected chi connectivity index (χ4v) is 4.60. The summed E-state index contributed by atoms with van der Waals surface area (Å²) in [6, 6.07) is 22.6. The highest BCUT2D eigenvalue weighted by atomic mass is 19.1. The predicted octanol–water partition coefficient (Wildman–Crippen LogP) is 5.02. The summed E-state index contributed by atoms with van der Waals surface area (Å²) in [4.78, 5) is 17.3. The van der Waals surface area contributed by atoms with Crippen LogP contribution in [0.2, 0.25) is 0 Å². The average molecular weight is 479 g/mol. The lowest BCUT2D eigenvalue weighted by Crippen LogP contribution is -2.34. The fraction of sp³-hybridized carbons (Fsp3) is 0.138. The first-order valence-corrected chi connectivity index (χ1v) is 11.8. The molecule has 0 radical (unpaired) electrons. The molecule has 0 spiro atoms. The molecular formula is C29H23FN4O2. The zero-order valence-corrected chi connectivity index (χ0v) is 19.4. The Morgan fingerprint density at radius 2 is 1.97 bits per heavy atom. The predicted molar refractivity (Wildman–Crippen MR) is 135 cm³/mol. The van der Waals surface area contributed by atoms with Crippen LogP contribution in [-0.2, 0) is 13.0 Å². The van der Waals surface area contributed by atoms with Gasteiger partial charge in [0.05, 0.1) is 18.6 Å². The zero-order chi connectivity index (χ0) is 24.5. The maximum absolute atomic E-state index is 14.9. The van der Waals surface area contributed by atoms with Crippen LogP contribution >= 0.6 is 0 Å². The fourth-order valence-electron chi connectivity index (χ4n) is 4.60. The van der Waals surface area contributed by atoms with E-state index in [1.807, 2.05) is 66.9 Å². The van der Waals surface area contributed by atoms with E-state index in [0.29, 0.717) is 18.5 Å². The van der Waals surface area contributed by atoms with Crippen LogP contribution in [0.25, 0.3) is 22.0 Å². The first-order valence-electron chi connectivity index (χ1n) is 11.8. The Morgan fingerprint density at radius 1 is 1.06 bits per heavy atom. The molecule has 1 amide bonds. The van der Waals surface area contributed by atoms with Crippen molar-refractivity contribution < 1.29 is 13.9 Å². The molecule has 5 aromatic rings. The summed E-state index contributed by atoms with van der Waals surface area (Å²) in [5.74, 6) is -0.343. The van der Waals surface area contributed by atoms with Crippen molar-refractivity contribution in [3.8, 4) is 16.9 Å². The first-order chi connectivity index (χ1) is 17.6. The lowest BCUT2D eigenvalue weighted by molar-refractivity contribution is 0.0932. The maximum Gasteiger partial charge on any atom is 0.251 e. The number of halogens is 1. The number of carbonyl (C=O) groups excluding carboxylic acids is 1. The third-order valence-electron chi connectivity index (χ3n) is 6.36. The number of hydrogen-bond donors (Lipinski definition) is 1. The molecule has 7 heteroatoms. The number of amides is 1. The summed E-state index contributed by atoms with van der Waals surface area (Å²) in [7, 11) is 0. The minimum atomic E-state index is -0.407. The number of nitrogens with zero attached hydrogens (tertiary/aromatic N) is 3. The first kappa shape index (κ1) is 22.0. The second-order valence-corrected chi connectivity index (χ2v) is 8.92. The number of nitrogens with one attached hydrogen (secondary N) is 1. The van der Waals surface area contributed by atoms with Crippen LogP contribution in [0, 0.1) is 5.82 Å². The van der Waals surface area contributed by atoms with E-state index in [2.05, 4.69) is 15.4 Å². The monoisotopic (exact) mass is 478 g/mol. The Labute approximate surface area is 207 Å². The van der Waals surface area contributed by atoms with E-state index >= 15 is 0 Å². The van der Waals surface area contributed by atoms with Crippen LogP contribution in [0.15, 0.2) is 91.4 Å². The van der Waals surface area contributed by atoms with Crippen LogP contribution in [-0.4, -0.2) is 33.3 Å². The van der Waals surface area contributed by atoms with E-state index < -0.39 is 5.82 Å². The lowest BCUT2D eigenvalue weighted by Gasteiger charge is -2.12. The smallest absolute Gasteiger partial charge is 0.251 e. The number of fused-ring (bicyclic) bond motifs is 2. The van der Waals surface area contributed by atoms with Gasteiger partial charge < -0.3 is 10.1 Å². The van der Waals surface area contributed by atoms with Crippen LogP contribution in [0.5, 0.6) is 5.75 Å². The van der Waals surface area contributed by atoms with Crippen molar-refractivity contribution >= 4 is 16.8 Å². The summed E-state index contributed by atoms with van der Waals surface area (Å²) in [5.41, 5.74) is 4.84. The molecule has 3 aromatic carbocycles. The molecule has 1 aliphatic heterocycles. The van der Waals surface area contributed by atoms with Crippen LogP contribution in [0.1, 0.15) is 21.5 Å². The number of aromatic nitrogens is 3. The molecule has 0 aliphatic carbocycles. The number of hydrogen-bond acceptors (Lipinski definition) is 4. The number of benzene rings is 3. The molecule has 6 nitrogen and oxygen atoms in total. The summed E-state index contributed by atoms with van der Waals surface area (Å²) < 4.78 is 22.6. The maximum atomic E-state index is 14.9. The van der Waals surface area contributed by atoms with Gasteiger partial charge in [-0.2, -0.15) is 5.10 Å². The Bertz CT molecular complexity index is 1570. The highest BCUT2D eigenvalue weighted by Gasteiger charge is 2.27. The molecule has 1 atom stereocenters. The van der Waals surface area contributed by atoms with Gasteiger partial charge in [0.15, 0.2) is 11.6 Å². The molecular weight excluding hydrogens is 455 g/mol. The number of para-hydroxylation sites is 1. The van der Waals surface area contributed by atoms with Gasteiger partial charge in [0, 0.05) is 47.1 Å². The summed E-state index contributed by atoms with van der Waals surface area (Å²) in [5, 5.41) is 8.14. The van der Waals surface area contributed by atoms with E-state index in [-0.39, 0.29) is 24.3 Å². The molecule has 36 heavy (non-hydrogen) atoms. The van der Waals surface area contributed by atoms with Gasteiger partial charge in [0.1, 0.15) is 6.10 Å². The van der Waals surface area contributed by atoms with Gasteiger partial charge >= 0.3 is 0 Å². The van der Waals surface area contributed by atoms with E-state index in [0.717, 1.165) is 33.2 Å². The topological polar surface area (TPSA) is 69.0 Å². The van der Waals surface area contributed by atoms with E-state index in [1.54, 1.807) is 23.1 Å². The van der Waals surface area contributed by atoms with E-state index in [4.69, 9.17) is 4.74 Å². The number of rotatable bonds is 6. The molecule has 0 unspecified atom stereocenters. The molecule has 0 bridgehead atoms. The molecule has 3 heterocycles. The second kappa shape index (κ2) is 9.26. The molecule has 0 saturated heterocycles.